The Labute approximate surface area is 102 Å². The maximum absolute atomic E-state index is 11.4. The van der Waals surface area contributed by atoms with Crippen LogP contribution in [0, 0.1) is 0 Å². The molecule has 2 N–H and O–H groups in total. The fourth-order valence-corrected chi connectivity index (χ4v) is 1.46. The van der Waals surface area contributed by atoms with Gasteiger partial charge in [-0.1, -0.05) is 0 Å². The van der Waals surface area contributed by atoms with E-state index in [2.05, 4.69) is 15.4 Å². The van der Waals surface area contributed by atoms with E-state index < -0.39 is 5.97 Å². The van der Waals surface area contributed by atoms with Gasteiger partial charge in [-0.15, -0.1) is 0 Å². The molecule has 0 saturated carbocycles. The van der Waals surface area contributed by atoms with E-state index >= 15 is 0 Å². The first kappa shape index (κ1) is 11.8. The molecule has 18 heavy (non-hydrogen) atoms. The zero-order valence-electron chi connectivity index (χ0n) is 9.49. The average molecular weight is 246 g/mol. The summed E-state index contributed by atoms with van der Waals surface area (Å²) in [4.78, 5) is 26.3. The third-order valence-electron chi connectivity index (χ3n) is 2.33. The second-order valence-electron chi connectivity index (χ2n) is 3.42. The number of carboxylic acids is 1. The Morgan fingerprint density at radius 3 is 2.83 bits per heavy atom. The number of nitrogens with zero attached hydrogens (tertiary/aromatic N) is 3. The van der Waals surface area contributed by atoms with Gasteiger partial charge in [0.05, 0.1) is 17.4 Å². The normalized spacial score (nSPS) is 10.1. The molecular weight excluding hydrogens is 236 g/mol. The molecular formula is C11H10N4O3. The molecule has 0 aliphatic rings. The Morgan fingerprint density at radius 1 is 1.39 bits per heavy atom. The third-order valence-corrected chi connectivity index (χ3v) is 2.33. The molecule has 0 aliphatic heterocycles. The minimum absolute atomic E-state index is 0.0663. The first-order valence-corrected chi connectivity index (χ1v) is 5.09. The van der Waals surface area contributed by atoms with Gasteiger partial charge in [-0.2, -0.15) is 5.10 Å². The summed E-state index contributed by atoms with van der Waals surface area (Å²) in [6.45, 7) is 0. The molecule has 1 amide bonds. The zero-order chi connectivity index (χ0) is 13.1. The molecule has 0 aromatic carbocycles. The lowest BCUT2D eigenvalue weighted by Crippen LogP contribution is -2.18. The molecule has 2 heterocycles. The SMILES string of the molecule is CNC(=O)c1ccn(-c2cnccc2C(=O)O)n1. The molecule has 7 nitrogen and oxygen atoms in total. The van der Waals surface area contributed by atoms with E-state index in [9.17, 15) is 9.59 Å². The lowest BCUT2D eigenvalue weighted by molar-refractivity contribution is 0.0696. The van der Waals surface area contributed by atoms with Crippen LogP contribution in [-0.4, -0.2) is 38.8 Å². The highest BCUT2D eigenvalue weighted by molar-refractivity contribution is 5.93. The molecule has 2 rings (SSSR count). The highest BCUT2D eigenvalue weighted by Crippen LogP contribution is 2.12. The maximum Gasteiger partial charge on any atom is 0.338 e. The molecule has 0 bridgehead atoms. The van der Waals surface area contributed by atoms with E-state index in [1.807, 2.05) is 0 Å². The molecule has 0 fully saturated rings. The van der Waals surface area contributed by atoms with Crippen molar-refractivity contribution in [1.82, 2.24) is 20.1 Å². The molecule has 0 unspecified atom stereocenters. The number of aromatic carboxylic acids is 1. The number of carbonyl (C=O) groups is 2. The minimum Gasteiger partial charge on any atom is -0.478 e. The van der Waals surface area contributed by atoms with Crippen LogP contribution in [0.4, 0.5) is 0 Å². The monoisotopic (exact) mass is 246 g/mol. The summed E-state index contributed by atoms with van der Waals surface area (Å²) < 4.78 is 1.31. The second kappa shape index (κ2) is 4.66. The lowest BCUT2D eigenvalue weighted by atomic mass is 10.2. The van der Waals surface area contributed by atoms with Crippen molar-refractivity contribution < 1.29 is 14.7 Å². The number of carbonyl (C=O) groups excluding carboxylic acids is 1. The Balaban J connectivity index is 2.46. The Bertz CT molecular complexity index is 606. The Hall–Kier alpha value is -2.70. The smallest absolute Gasteiger partial charge is 0.338 e. The van der Waals surface area contributed by atoms with Gasteiger partial charge >= 0.3 is 5.97 Å². The van der Waals surface area contributed by atoms with Gasteiger partial charge in [0.25, 0.3) is 5.91 Å². The predicted molar refractivity (Wildman–Crippen MR) is 61.7 cm³/mol. The Kier molecular flexibility index (Phi) is 3.05. The summed E-state index contributed by atoms with van der Waals surface area (Å²) in [6.07, 6.45) is 4.27. The van der Waals surface area contributed by atoms with Crippen molar-refractivity contribution in [2.45, 2.75) is 0 Å². The first-order chi connectivity index (χ1) is 8.63. The predicted octanol–water partition coefficient (Wildman–Crippen LogP) is 0.325. The van der Waals surface area contributed by atoms with E-state index in [0.717, 1.165) is 0 Å². The summed E-state index contributed by atoms with van der Waals surface area (Å²) in [6, 6.07) is 2.87. The molecule has 2 aromatic rings. The van der Waals surface area contributed by atoms with Crippen LogP contribution in [-0.2, 0) is 0 Å². The van der Waals surface area contributed by atoms with Crippen molar-refractivity contribution in [3.63, 3.8) is 0 Å². The summed E-state index contributed by atoms with van der Waals surface area (Å²) >= 11 is 0. The van der Waals surface area contributed by atoms with Crippen molar-refractivity contribution in [2.24, 2.45) is 0 Å². The number of hydrogen-bond donors (Lipinski definition) is 2. The van der Waals surface area contributed by atoms with Crippen LogP contribution in [0.2, 0.25) is 0 Å². The summed E-state index contributed by atoms with van der Waals surface area (Å²) in [5.74, 6) is -1.42. The van der Waals surface area contributed by atoms with Gasteiger partial charge < -0.3 is 10.4 Å². The summed E-state index contributed by atoms with van der Waals surface area (Å²) in [5, 5.41) is 15.5. The van der Waals surface area contributed by atoms with Gasteiger partial charge in [0, 0.05) is 19.4 Å². The third kappa shape index (κ3) is 2.05. The van der Waals surface area contributed by atoms with Crippen molar-refractivity contribution >= 4 is 11.9 Å². The second-order valence-corrected chi connectivity index (χ2v) is 3.42. The Morgan fingerprint density at radius 2 is 2.17 bits per heavy atom. The van der Waals surface area contributed by atoms with E-state index in [-0.39, 0.29) is 17.2 Å². The van der Waals surface area contributed by atoms with Gasteiger partial charge in [0.2, 0.25) is 0 Å². The number of amides is 1. The minimum atomic E-state index is -1.08. The van der Waals surface area contributed by atoms with Crippen LogP contribution in [0.15, 0.2) is 30.7 Å². The molecule has 0 aliphatic carbocycles. The highest BCUT2D eigenvalue weighted by Gasteiger charge is 2.14. The van der Waals surface area contributed by atoms with Crippen molar-refractivity contribution in [3.05, 3.63) is 42.0 Å². The van der Waals surface area contributed by atoms with Gasteiger partial charge in [-0.3, -0.25) is 9.78 Å². The maximum atomic E-state index is 11.4. The average Bonchev–Trinajstić information content (AvgIpc) is 2.87. The van der Waals surface area contributed by atoms with E-state index in [0.29, 0.717) is 5.69 Å². The first-order valence-electron chi connectivity index (χ1n) is 5.09. The van der Waals surface area contributed by atoms with Crippen LogP contribution in [0.3, 0.4) is 0 Å². The van der Waals surface area contributed by atoms with Crippen molar-refractivity contribution in [1.29, 1.82) is 0 Å². The highest BCUT2D eigenvalue weighted by atomic mass is 16.4. The van der Waals surface area contributed by atoms with Crippen molar-refractivity contribution in [2.75, 3.05) is 7.05 Å². The van der Waals surface area contributed by atoms with Crippen LogP contribution < -0.4 is 5.32 Å². The van der Waals surface area contributed by atoms with E-state index in [4.69, 9.17) is 5.11 Å². The molecule has 7 heteroatoms. The van der Waals surface area contributed by atoms with Crippen LogP contribution in [0.1, 0.15) is 20.8 Å². The molecule has 92 valence electrons. The van der Waals surface area contributed by atoms with Crippen LogP contribution >= 0.6 is 0 Å². The molecule has 0 spiro atoms. The van der Waals surface area contributed by atoms with Gasteiger partial charge in [0.15, 0.2) is 5.69 Å². The number of rotatable bonds is 3. The van der Waals surface area contributed by atoms with Crippen LogP contribution in [0.25, 0.3) is 5.69 Å². The van der Waals surface area contributed by atoms with Crippen LogP contribution in [0.5, 0.6) is 0 Å². The summed E-state index contributed by atoms with van der Waals surface area (Å²) in [5.41, 5.74) is 0.578. The van der Waals surface area contributed by atoms with Crippen molar-refractivity contribution in [3.8, 4) is 5.69 Å². The zero-order valence-corrected chi connectivity index (χ0v) is 9.49. The number of nitrogens with one attached hydrogen (secondary N) is 1. The number of pyridine rings is 1. The van der Waals surface area contributed by atoms with E-state index in [1.54, 1.807) is 0 Å². The number of carboxylic acid groups (broad SMARTS) is 1. The standard InChI is InChI=1S/C11H10N4O3/c1-12-10(16)8-3-5-15(14-8)9-6-13-4-2-7(9)11(17)18/h2-6H,1H3,(H,12,16)(H,17,18). The summed E-state index contributed by atoms with van der Waals surface area (Å²) in [7, 11) is 1.49. The number of aromatic nitrogens is 3. The van der Waals surface area contributed by atoms with Gasteiger partial charge in [-0.05, 0) is 12.1 Å². The number of hydrogen-bond acceptors (Lipinski definition) is 4. The molecule has 0 atom stereocenters. The fraction of sp³-hybridized carbons (Fsp3) is 0.0909. The fourth-order valence-electron chi connectivity index (χ4n) is 1.46. The quantitative estimate of drug-likeness (QED) is 0.813. The molecule has 0 radical (unpaired) electrons. The van der Waals surface area contributed by atoms with E-state index in [1.165, 1.54) is 42.5 Å². The topological polar surface area (TPSA) is 97.1 Å². The van der Waals surface area contributed by atoms with Gasteiger partial charge in [0.1, 0.15) is 0 Å². The lowest BCUT2D eigenvalue weighted by Gasteiger charge is -2.04. The van der Waals surface area contributed by atoms with Gasteiger partial charge in [-0.25, -0.2) is 9.48 Å². The largest absolute Gasteiger partial charge is 0.478 e. The molecule has 2 aromatic heterocycles. The molecule has 0 saturated heterocycles.